The molecule has 0 radical (unpaired) electrons. The molecule has 0 amide bonds. The lowest BCUT2D eigenvalue weighted by atomic mass is 10.1. The van der Waals surface area contributed by atoms with E-state index in [2.05, 4.69) is 54.5 Å². The Morgan fingerprint density at radius 1 is 1.12 bits per heavy atom. The molecule has 0 heterocycles. The van der Waals surface area contributed by atoms with Gasteiger partial charge in [0.15, 0.2) is 0 Å². The molecule has 4 nitrogen and oxygen atoms in total. The number of unbranched alkanes of at least 4 members (excludes halogenated alkanes) is 2. The lowest BCUT2D eigenvalue weighted by Gasteiger charge is -2.23. The van der Waals surface area contributed by atoms with Gasteiger partial charge in [0.1, 0.15) is 11.7 Å². The van der Waals surface area contributed by atoms with Gasteiger partial charge in [-0.2, -0.15) is 0 Å². The summed E-state index contributed by atoms with van der Waals surface area (Å²) in [5, 5.41) is 6.78. The first-order chi connectivity index (χ1) is 15.5. The molecule has 1 aliphatic rings. The monoisotopic (exact) mass is 460 g/mol. The Bertz CT molecular complexity index is 849. The van der Waals surface area contributed by atoms with E-state index < -0.39 is 5.82 Å². The van der Waals surface area contributed by atoms with Crippen LogP contribution in [-0.4, -0.2) is 36.9 Å². The van der Waals surface area contributed by atoms with Crippen LogP contribution in [-0.2, 0) is 0 Å². The summed E-state index contributed by atoms with van der Waals surface area (Å²) in [7, 11) is 0. The molecule has 1 aromatic carbocycles. The van der Waals surface area contributed by atoms with Gasteiger partial charge in [0.05, 0.1) is 16.4 Å². The lowest BCUT2D eigenvalue weighted by molar-refractivity contribution is 0.288. The molecule has 0 bridgehead atoms. The molecule has 0 unspecified atom stereocenters. The molecule has 2 rings (SSSR count). The topological polar surface area (TPSA) is 39.7 Å². The maximum absolute atomic E-state index is 13.4. The molecular weight excluding hydrogens is 423 g/mol. The van der Waals surface area contributed by atoms with E-state index in [9.17, 15) is 4.39 Å². The molecular formula is C26H38ClFN4. The fourth-order valence-electron chi connectivity index (χ4n) is 3.58. The molecule has 176 valence electrons. The van der Waals surface area contributed by atoms with Crippen LogP contribution in [0.3, 0.4) is 0 Å². The van der Waals surface area contributed by atoms with Gasteiger partial charge < -0.3 is 10.6 Å². The second kappa shape index (κ2) is 14.1. The van der Waals surface area contributed by atoms with Crippen LogP contribution in [0.15, 0.2) is 58.4 Å². The van der Waals surface area contributed by atoms with Crippen molar-refractivity contribution in [2.24, 2.45) is 4.99 Å². The first kappa shape index (κ1) is 26.1. The molecule has 0 saturated heterocycles. The minimum Gasteiger partial charge on any atom is -0.384 e. The number of anilines is 1. The first-order valence-corrected chi connectivity index (χ1v) is 12.2. The van der Waals surface area contributed by atoms with Gasteiger partial charge in [0, 0.05) is 18.8 Å². The number of nitrogens with zero attached hydrogens (tertiary/aromatic N) is 2. The molecule has 0 aliphatic heterocycles. The molecule has 0 spiro atoms. The highest BCUT2D eigenvalue weighted by atomic mass is 35.5. The predicted molar refractivity (Wildman–Crippen MR) is 137 cm³/mol. The summed E-state index contributed by atoms with van der Waals surface area (Å²) in [6, 6.07) is 4.58. The van der Waals surface area contributed by atoms with Crippen LogP contribution < -0.4 is 10.6 Å². The van der Waals surface area contributed by atoms with Gasteiger partial charge in [-0.05, 0) is 76.0 Å². The van der Waals surface area contributed by atoms with Crippen molar-refractivity contribution in [3.8, 4) is 0 Å². The Kier molecular flexibility index (Phi) is 11.5. The normalized spacial score (nSPS) is 14.6. The molecule has 0 fully saturated rings. The summed E-state index contributed by atoms with van der Waals surface area (Å²) in [6.45, 7) is 12.5. The first-order valence-electron chi connectivity index (χ1n) is 11.8. The number of amidine groups is 1. The van der Waals surface area contributed by atoms with Crippen molar-refractivity contribution in [1.29, 1.82) is 0 Å². The van der Waals surface area contributed by atoms with E-state index in [-0.39, 0.29) is 5.02 Å². The molecule has 0 aromatic heterocycles. The van der Waals surface area contributed by atoms with E-state index in [1.807, 2.05) is 6.92 Å². The molecule has 2 N–H and O–H groups in total. The Morgan fingerprint density at radius 3 is 2.47 bits per heavy atom. The summed E-state index contributed by atoms with van der Waals surface area (Å²) in [5.41, 5.74) is 3.97. The third-order valence-electron chi connectivity index (χ3n) is 5.26. The van der Waals surface area contributed by atoms with Gasteiger partial charge in [-0.1, -0.05) is 50.4 Å². The highest BCUT2D eigenvalue weighted by Crippen LogP contribution is 2.22. The van der Waals surface area contributed by atoms with Crippen molar-refractivity contribution in [1.82, 2.24) is 10.2 Å². The van der Waals surface area contributed by atoms with Crippen molar-refractivity contribution in [2.75, 3.05) is 31.5 Å². The molecule has 6 heteroatoms. The van der Waals surface area contributed by atoms with Crippen LogP contribution in [0.25, 0.3) is 0 Å². The van der Waals surface area contributed by atoms with Gasteiger partial charge in [-0.25, -0.2) is 9.38 Å². The minimum absolute atomic E-state index is 0.0919. The lowest BCUT2D eigenvalue weighted by Crippen LogP contribution is -2.28. The fourth-order valence-corrected chi connectivity index (χ4v) is 3.76. The van der Waals surface area contributed by atoms with Crippen LogP contribution in [0.1, 0.15) is 59.8 Å². The molecule has 0 atom stereocenters. The van der Waals surface area contributed by atoms with Crippen molar-refractivity contribution in [3.63, 3.8) is 0 Å². The Hall–Kier alpha value is -2.11. The summed E-state index contributed by atoms with van der Waals surface area (Å²) in [6.07, 6.45) is 12.4. The van der Waals surface area contributed by atoms with Gasteiger partial charge in [-0.3, -0.25) is 4.90 Å². The molecule has 0 saturated carbocycles. The molecule has 1 aliphatic carbocycles. The van der Waals surface area contributed by atoms with Crippen LogP contribution in [0.4, 0.5) is 10.1 Å². The smallest absolute Gasteiger partial charge is 0.141 e. The van der Waals surface area contributed by atoms with Gasteiger partial charge >= 0.3 is 0 Å². The van der Waals surface area contributed by atoms with Crippen LogP contribution in [0.2, 0.25) is 5.02 Å². The van der Waals surface area contributed by atoms with E-state index in [1.54, 1.807) is 12.1 Å². The Morgan fingerprint density at radius 2 is 1.84 bits per heavy atom. The Balaban J connectivity index is 2.15. The van der Waals surface area contributed by atoms with Crippen LogP contribution >= 0.6 is 11.6 Å². The second-order valence-corrected chi connectivity index (χ2v) is 8.53. The average Bonchev–Trinajstić information content (AvgIpc) is 2.94. The number of aliphatic imine (C=N–C) groups is 1. The maximum Gasteiger partial charge on any atom is 0.141 e. The van der Waals surface area contributed by atoms with E-state index >= 15 is 0 Å². The predicted octanol–water partition coefficient (Wildman–Crippen LogP) is 6.92. The van der Waals surface area contributed by atoms with E-state index in [4.69, 9.17) is 16.6 Å². The van der Waals surface area contributed by atoms with E-state index in [0.717, 1.165) is 49.8 Å². The summed E-state index contributed by atoms with van der Waals surface area (Å²) >= 11 is 5.90. The number of hydrogen-bond donors (Lipinski definition) is 2. The number of nitrogens with one attached hydrogen (secondary N) is 2. The summed E-state index contributed by atoms with van der Waals surface area (Å²) in [4.78, 5) is 7.38. The molecule has 1 aromatic rings. The van der Waals surface area contributed by atoms with Crippen LogP contribution in [0, 0.1) is 5.82 Å². The number of halogens is 2. The van der Waals surface area contributed by atoms with E-state index in [1.165, 1.54) is 37.3 Å². The van der Waals surface area contributed by atoms with Crippen molar-refractivity contribution < 1.29 is 4.39 Å². The fraction of sp³-hybridized carbons (Fsp3) is 0.500. The van der Waals surface area contributed by atoms with Gasteiger partial charge in [0.25, 0.3) is 0 Å². The van der Waals surface area contributed by atoms with Crippen molar-refractivity contribution >= 4 is 23.1 Å². The number of likely N-dealkylation sites (N-methyl/N-ethyl adjacent to an activating group) is 1. The number of allylic oxidation sites excluding steroid dienone is 2. The van der Waals surface area contributed by atoms with Gasteiger partial charge in [-0.15, -0.1) is 0 Å². The summed E-state index contributed by atoms with van der Waals surface area (Å²) < 4.78 is 13.4. The van der Waals surface area contributed by atoms with Crippen molar-refractivity contribution in [3.05, 3.63) is 64.2 Å². The quantitative estimate of drug-likeness (QED) is 0.262. The number of rotatable bonds is 12. The maximum atomic E-state index is 13.4. The van der Waals surface area contributed by atoms with Gasteiger partial charge in [0.2, 0.25) is 0 Å². The number of benzene rings is 1. The standard InChI is InChI=1S/C26H38ClFN4/c1-5-8-15-32(16-9-6-2)19-21-11-10-12-25(26(17-21)29-7-3)31-20(4)30-22-13-14-24(28)23(27)18-22/h11-14,17-18,29H,5-10,15-16,19H2,1-4H3,(H,30,31). The van der Waals surface area contributed by atoms with E-state index in [0.29, 0.717) is 5.69 Å². The van der Waals surface area contributed by atoms with Crippen LogP contribution in [0.5, 0.6) is 0 Å². The molecule has 32 heavy (non-hydrogen) atoms. The third kappa shape index (κ3) is 8.79. The average molecular weight is 461 g/mol. The second-order valence-electron chi connectivity index (χ2n) is 8.13. The highest BCUT2D eigenvalue weighted by Gasteiger charge is 2.12. The minimum atomic E-state index is -0.429. The summed E-state index contributed by atoms with van der Waals surface area (Å²) in [5.74, 6) is 0.292. The Labute approximate surface area is 198 Å². The third-order valence-corrected chi connectivity index (χ3v) is 5.55. The SMILES string of the molecule is CCCCN(CCCC)CC1=CCC=C(N=C(C)Nc2ccc(F)c(Cl)c2)C(NCC)=C1. The zero-order chi connectivity index (χ0) is 23.3. The van der Waals surface area contributed by atoms with Crippen molar-refractivity contribution in [2.45, 2.75) is 59.8 Å². The zero-order valence-electron chi connectivity index (χ0n) is 20.0. The highest BCUT2D eigenvalue weighted by molar-refractivity contribution is 6.31. The number of hydrogen-bond acceptors (Lipinski definition) is 3. The largest absolute Gasteiger partial charge is 0.384 e. The zero-order valence-corrected chi connectivity index (χ0v) is 20.7.